The van der Waals surface area contributed by atoms with E-state index in [9.17, 15) is 19.5 Å². The Hall–Kier alpha value is -3.15. The van der Waals surface area contributed by atoms with Crippen molar-refractivity contribution in [2.24, 2.45) is 0 Å². The Morgan fingerprint density at radius 1 is 1.00 bits per heavy atom. The second-order valence-corrected chi connectivity index (χ2v) is 5.99. The van der Waals surface area contributed by atoms with Gasteiger partial charge in [0, 0.05) is 19.0 Å². The Kier molecular flexibility index (Phi) is 6.11. The van der Waals surface area contributed by atoms with Crippen molar-refractivity contribution in [1.82, 2.24) is 10.6 Å². The molecule has 2 aromatic carbocycles. The van der Waals surface area contributed by atoms with Crippen LogP contribution in [0.15, 0.2) is 54.6 Å². The molecule has 3 N–H and O–H groups in total. The minimum atomic E-state index is -1.49. The number of rotatable bonds is 7. The molecule has 0 saturated carbocycles. The van der Waals surface area contributed by atoms with Gasteiger partial charge in [-0.25, -0.2) is 4.79 Å². The first kappa shape index (κ1) is 19.2. The van der Waals surface area contributed by atoms with Crippen LogP contribution in [0.4, 0.5) is 0 Å². The number of aliphatic carboxylic acids is 1. The first-order chi connectivity index (χ1) is 12.4. The van der Waals surface area contributed by atoms with Gasteiger partial charge in [0.05, 0.1) is 0 Å². The van der Waals surface area contributed by atoms with E-state index in [0.717, 1.165) is 5.56 Å². The van der Waals surface area contributed by atoms with Crippen LogP contribution in [0.1, 0.15) is 41.8 Å². The van der Waals surface area contributed by atoms with Crippen LogP contribution in [-0.4, -0.2) is 22.9 Å². The van der Waals surface area contributed by atoms with Crippen molar-refractivity contribution < 1.29 is 19.5 Å². The number of hydrogen-bond donors (Lipinski definition) is 3. The number of carbonyl (C=O) groups is 3. The SMILES string of the molecule is CCC(NC(=O)c1ccc(CNC(C)=O)cc1)(C(=O)O)c1ccccc1. The number of hydrogen-bond acceptors (Lipinski definition) is 3. The van der Waals surface area contributed by atoms with Crippen LogP contribution in [0.5, 0.6) is 0 Å². The van der Waals surface area contributed by atoms with E-state index in [2.05, 4.69) is 10.6 Å². The summed E-state index contributed by atoms with van der Waals surface area (Å²) in [5.74, 6) is -1.71. The lowest BCUT2D eigenvalue weighted by Crippen LogP contribution is -2.51. The highest BCUT2D eigenvalue weighted by Gasteiger charge is 2.40. The van der Waals surface area contributed by atoms with Crippen LogP contribution < -0.4 is 10.6 Å². The quantitative estimate of drug-likeness (QED) is 0.712. The number of amides is 2. The molecule has 0 heterocycles. The number of carbonyl (C=O) groups excluding carboxylic acids is 2. The average Bonchev–Trinajstić information content (AvgIpc) is 2.65. The van der Waals surface area contributed by atoms with E-state index in [1.54, 1.807) is 61.5 Å². The molecular formula is C20H22N2O4. The van der Waals surface area contributed by atoms with E-state index in [0.29, 0.717) is 17.7 Å². The number of nitrogens with one attached hydrogen (secondary N) is 2. The standard InChI is InChI=1S/C20H22N2O4/c1-3-20(19(25)26,17-7-5-4-6-8-17)22-18(24)16-11-9-15(10-12-16)13-21-14(2)23/h4-12H,3,13H2,1-2H3,(H,21,23)(H,22,24)(H,25,26). The number of carboxylic acids is 1. The predicted molar refractivity (Wildman–Crippen MR) is 97.5 cm³/mol. The van der Waals surface area contributed by atoms with Gasteiger partial charge in [0.15, 0.2) is 5.54 Å². The van der Waals surface area contributed by atoms with E-state index in [1.165, 1.54) is 6.92 Å². The van der Waals surface area contributed by atoms with Gasteiger partial charge in [-0.2, -0.15) is 0 Å². The van der Waals surface area contributed by atoms with Crippen LogP contribution >= 0.6 is 0 Å². The number of benzene rings is 2. The summed E-state index contributed by atoms with van der Waals surface area (Å²) in [4.78, 5) is 35.5. The second-order valence-electron chi connectivity index (χ2n) is 5.99. The zero-order valence-electron chi connectivity index (χ0n) is 14.8. The summed E-state index contributed by atoms with van der Waals surface area (Å²) in [6, 6.07) is 15.3. The molecule has 0 saturated heterocycles. The summed E-state index contributed by atoms with van der Waals surface area (Å²) in [5, 5.41) is 15.1. The first-order valence-electron chi connectivity index (χ1n) is 8.34. The van der Waals surface area contributed by atoms with Gasteiger partial charge in [-0.05, 0) is 29.7 Å². The average molecular weight is 354 g/mol. The van der Waals surface area contributed by atoms with Crippen molar-refractivity contribution in [3.63, 3.8) is 0 Å². The molecule has 6 nitrogen and oxygen atoms in total. The van der Waals surface area contributed by atoms with Crippen LogP contribution in [0.3, 0.4) is 0 Å². The zero-order chi connectivity index (χ0) is 19.2. The highest BCUT2D eigenvalue weighted by molar-refractivity contribution is 5.98. The Bertz CT molecular complexity index is 787. The van der Waals surface area contributed by atoms with E-state index in [4.69, 9.17) is 0 Å². The third-order valence-electron chi connectivity index (χ3n) is 4.25. The Morgan fingerprint density at radius 2 is 1.62 bits per heavy atom. The van der Waals surface area contributed by atoms with Crippen LogP contribution in [0.2, 0.25) is 0 Å². The van der Waals surface area contributed by atoms with Gasteiger partial charge in [-0.15, -0.1) is 0 Å². The Labute approximate surface area is 152 Å². The fourth-order valence-electron chi connectivity index (χ4n) is 2.68. The van der Waals surface area contributed by atoms with Crippen molar-refractivity contribution in [1.29, 1.82) is 0 Å². The van der Waals surface area contributed by atoms with Gasteiger partial charge in [-0.1, -0.05) is 49.4 Å². The lowest BCUT2D eigenvalue weighted by Gasteiger charge is -2.30. The van der Waals surface area contributed by atoms with Crippen LogP contribution in [-0.2, 0) is 21.7 Å². The highest BCUT2D eigenvalue weighted by Crippen LogP contribution is 2.26. The third-order valence-corrected chi connectivity index (χ3v) is 4.25. The summed E-state index contributed by atoms with van der Waals surface area (Å²) in [6.07, 6.45) is 0.207. The molecule has 0 bridgehead atoms. The van der Waals surface area contributed by atoms with Gasteiger partial charge in [0.2, 0.25) is 5.91 Å². The van der Waals surface area contributed by atoms with Gasteiger partial charge in [0.1, 0.15) is 0 Å². The lowest BCUT2D eigenvalue weighted by atomic mass is 9.87. The van der Waals surface area contributed by atoms with Gasteiger partial charge < -0.3 is 15.7 Å². The Morgan fingerprint density at radius 3 is 2.12 bits per heavy atom. The molecule has 0 aliphatic carbocycles. The molecule has 2 rings (SSSR count). The summed E-state index contributed by atoms with van der Waals surface area (Å²) >= 11 is 0. The lowest BCUT2D eigenvalue weighted by molar-refractivity contribution is -0.145. The molecule has 0 aromatic heterocycles. The van der Waals surface area contributed by atoms with Crippen LogP contribution in [0, 0.1) is 0 Å². The summed E-state index contributed by atoms with van der Waals surface area (Å²) in [7, 11) is 0. The molecule has 0 aliphatic rings. The molecule has 0 radical (unpaired) electrons. The van der Waals surface area contributed by atoms with E-state index in [1.807, 2.05) is 0 Å². The van der Waals surface area contributed by atoms with Crippen molar-refractivity contribution >= 4 is 17.8 Å². The highest BCUT2D eigenvalue weighted by atomic mass is 16.4. The van der Waals surface area contributed by atoms with Gasteiger partial charge in [0.25, 0.3) is 5.91 Å². The predicted octanol–water partition coefficient (Wildman–Crippen LogP) is 2.44. The molecule has 2 aromatic rings. The van der Waals surface area contributed by atoms with Crippen molar-refractivity contribution in [2.45, 2.75) is 32.4 Å². The third kappa shape index (κ3) is 4.27. The summed E-state index contributed by atoms with van der Waals surface area (Å²) < 4.78 is 0. The summed E-state index contributed by atoms with van der Waals surface area (Å²) in [6.45, 7) is 3.52. The monoisotopic (exact) mass is 354 g/mol. The number of carboxylic acid groups (broad SMARTS) is 1. The molecule has 26 heavy (non-hydrogen) atoms. The maximum Gasteiger partial charge on any atom is 0.334 e. The second kappa shape index (κ2) is 8.29. The van der Waals surface area contributed by atoms with Gasteiger partial charge in [-0.3, -0.25) is 9.59 Å². The molecule has 1 unspecified atom stereocenters. The van der Waals surface area contributed by atoms with E-state index < -0.39 is 17.4 Å². The first-order valence-corrected chi connectivity index (χ1v) is 8.34. The molecule has 0 aliphatic heterocycles. The van der Waals surface area contributed by atoms with Crippen molar-refractivity contribution in [3.05, 3.63) is 71.3 Å². The largest absolute Gasteiger partial charge is 0.479 e. The molecule has 0 spiro atoms. The van der Waals surface area contributed by atoms with Crippen molar-refractivity contribution in [2.75, 3.05) is 0 Å². The normalized spacial score (nSPS) is 12.7. The molecule has 136 valence electrons. The Balaban J connectivity index is 2.22. The van der Waals surface area contributed by atoms with Gasteiger partial charge >= 0.3 is 5.97 Å². The van der Waals surface area contributed by atoms with E-state index >= 15 is 0 Å². The zero-order valence-corrected chi connectivity index (χ0v) is 14.8. The maximum absolute atomic E-state index is 12.6. The minimum absolute atomic E-state index is 0.135. The molecule has 0 fully saturated rings. The fraction of sp³-hybridized carbons (Fsp3) is 0.250. The summed E-state index contributed by atoms with van der Waals surface area (Å²) in [5.41, 5.74) is 0.227. The van der Waals surface area contributed by atoms with E-state index in [-0.39, 0.29) is 12.3 Å². The topological polar surface area (TPSA) is 95.5 Å². The molecule has 1 atom stereocenters. The maximum atomic E-state index is 12.6. The molecule has 2 amide bonds. The van der Waals surface area contributed by atoms with Crippen molar-refractivity contribution in [3.8, 4) is 0 Å². The van der Waals surface area contributed by atoms with Crippen LogP contribution in [0.25, 0.3) is 0 Å². The molecular weight excluding hydrogens is 332 g/mol. The smallest absolute Gasteiger partial charge is 0.334 e. The minimum Gasteiger partial charge on any atom is -0.479 e. The molecule has 6 heteroatoms. The fourth-order valence-corrected chi connectivity index (χ4v) is 2.68.